The van der Waals surface area contributed by atoms with Crippen LogP contribution in [-0.2, 0) is 19.1 Å². The molecule has 3 unspecified atom stereocenters. The van der Waals surface area contributed by atoms with Crippen LogP contribution in [0.4, 0.5) is 0 Å². The van der Waals surface area contributed by atoms with Gasteiger partial charge in [0.1, 0.15) is 0 Å². The molecule has 0 aromatic carbocycles. The number of carboxylic acid groups (broad SMARTS) is 1. The Hall–Kier alpha value is -1.14. The van der Waals surface area contributed by atoms with E-state index in [2.05, 4.69) is 26.1 Å². The van der Waals surface area contributed by atoms with E-state index in [0.29, 0.717) is 32.0 Å². The van der Waals surface area contributed by atoms with Crippen molar-refractivity contribution in [3.8, 4) is 0 Å². The Balaban J connectivity index is 1.77. The molecule has 0 aromatic heterocycles. The SMILES string of the molecule is COCC(C)(C)COC1CCC(NC(=O)C2CC(C)CCC2C(=O)O)CC1. The van der Waals surface area contributed by atoms with E-state index in [9.17, 15) is 14.7 Å². The third-order valence-electron chi connectivity index (χ3n) is 6.03. The first-order chi connectivity index (χ1) is 12.7. The summed E-state index contributed by atoms with van der Waals surface area (Å²) >= 11 is 0. The van der Waals surface area contributed by atoms with Crippen molar-refractivity contribution in [1.29, 1.82) is 0 Å². The summed E-state index contributed by atoms with van der Waals surface area (Å²) in [5.74, 6) is -1.42. The summed E-state index contributed by atoms with van der Waals surface area (Å²) in [7, 11) is 1.71. The third-order valence-corrected chi connectivity index (χ3v) is 6.03. The van der Waals surface area contributed by atoms with Crippen molar-refractivity contribution in [2.45, 2.75) is 77.9 Å². The molecule has 1 amide bonds. The lowest BCUT2D eigenvalue weighted by Crippen LogP contribution is -2.46. The number of carboxylic acids is 1. The van der Waals surface area contributed by atoms with E-state index in [4.69, 9.17) is 9.47 Å². The zero-order chi connectivity index (χ0) is 20.0. The number of carbonyl (C=O) groups excluding carboxylic acids is 1. The van der Waals surface area contributed by atoms with Gasteiger partial charge < -0.3 is 19.9 Å². The van der Waals surface area contributed by atoms with Crippen molar-refractivity contribution in [1.82, 2.24) is 5.32 Å². The number of aliphatic carboxylic acids is 1. The summed E-state index contributed by atoms with van der Waals surface area (Å²) in [5, 5.41) is 12.6. The Morgan fingerprint density at radius 1 is 1.04 bits per heavy atom. The minimum atomic E-state index is -0.835. The Kier molecular flexibility index (Phi) is 8.10. The second-order valence-corrected chi connectivity index (χ2v) is 9.36. The summed E-state index contributed by atoms with van der Waals surface area (Å²) < 4.78 is 11.3. The van der Waals surface area contributed by atoms with Gasteiger partial charge >= 0.3 is 5.97 Å². The van der Waals surface area contributed by atoms with Crippen LogP contribution >= 0.6 is 0 Å². The van der Waals surface area contributed by atoms with Crippen molar-refractivity contribution >= 4 is 11.9 Å². The Morgan fingerprint density at radius 2 is 1.70 bits per heavy atom. The molecule has 0 aromatic rings. The molecule has 0 aliphatic heterocycles. The van der Waals surface area contributed by atoms with Crippen LogP contribution in [0.25, 0.3) is 0 Å². The maximum absolute atomic E-state index is 12.7. The van der Waals surface area contributed by atoms with Crippen molar-refractivity contribution in [2.24, 2.45) is 23.2 Å². The predicted octanol–water partition coefficient (Wildman–Crippen LogP) is 3.24. The van der Waals surface area contributed by atoms with Gasteiger partial charge in [0.2, 0.25) is 5.91 Å². The average Bonchev–Trinajstić information content (AvgIpc) is 2.60. The van der Waals surface area contributed by atoms with Gasteiger partial charge in [-0.1, -0.05) is 20.8 Å². The molecular weight excluding hydrogens is 346 g/mol. The quantitative estimate of drug-likeness (QED) is 0.672. The van der Waals surface area contributed by atoms with E-state index in [0.717, 1.165) is 32.1 Å². The van der Waals surface area contributed by atoms with Gasteiger partial charge in [-0.15, -0.1) is 0 Å². The molecule has 2 fully saturated rings. The molecule has 2 saturated carbocycles. The van der Waals surface area contributed by atoms with Gasteiger partial charge in [0.25, 0.3) is 0 Å². The van der Waals surface area contributed by atoms with Gasteiger partial charge in [-0.05, 0) is 50.9 Å². The molecule has 6 heteroatoms. The fourth-order valence-corrected chi connectivity index (χ4v) is 4.42. The number of hydrogen-bond donors (Lipinski definition) is 2. The maximum Gasteiger partial charge on any atom is 0.307 e. The van der Waals surface area contributed by atoms with Crippen molar-refractivity contribution in [3.63, 3.8) is 0 Å². The van der Waals surface area contributed by atoms with Crippen LogP contribution < -0.4 is 5.32 Å². The largest absolute Gasteiger partial charge is 0.481 e. The first-order valence-corrected chi connectivity index (χ1v) is 10.4. The smallest absolute Gasteiger partial charge is 0.307 e. The van der Waals surface area contributed by atoms with E-state index in [-0.39, 0.29) is 23.5 Å². The van der Waals surface area contributed by atoms with E-state index in [1.165, 1.54) is 0 Å². The highest BCUT2D eigenvalue weighted by Gasteiger charge is 2.39. The number of ether oxygens (including phenoxy) is 2. The first-order valence-electron chi connectivity index (χ1n) is 10.4. The monoisotopic (exact) mass is 383 g/mol. The second-order valence-electron chi connectivity index (χ2n) is 9.36. The lowest BCUT2D eigenvalue weighted by molar-refractivity contribution is -0.149. The summed E-state index contributed by atoms with van der Waals surface area (Å²) in [4.78, 5) is 24.2. The molecular formula is C21H37NO5. The van der Waals surface area contributed by atoms with Gasteiger partial charge in [0, 0.05) is 18.6 Å². The molecule has 0 bridgehead atoms. The van der Waals surface area contributed by atoms with E-state index in [1.807, 2.05) is 0 Å². The van der Waals surface area contributed by atoms with Gasteiger partial charge in [-0.2, -0.15) is 0 Å². The van der Waals surface area contributed by atoms with Gasteiger partial charge in [0.05, 0.1) is 31.2 Å². The Bertz CT molecular complexity index is 499. The summed E-state index contributed by atoms with van der Waals surface area (Å²) in [5.41, 5.74) is 0.00331. The maximum atomic E-state index is 12.7. The summed E-state index contributed by atoms with van der Waals surface area (Å²) in [6, 6.07) is 0.135. The van der Waals surface area contributed by atoms with Crippen LogP contribution in [0.5, 0.6) is 0 Å². The molecule has 2 N–H and O–H groups in total. The topological polar surface area (TPSA) is 84.9 Å². The highest BCUT2D eigenvalue weighted by Crippen LogP contribution is 2.34. The molecule has 0 spiro atoms. The van der Waals surface area contributed by atoms with Crippen molar-refractivity contribution in [3.05, 3.63) is 0 Å². The van der Waals surface area contributed by atoms with E-state index >= 15 is 0 Å². The van der Waals surface area contributed by atoms with Crippen molar-refractivity contribution < 1.29 is 24.2 Å². The summed E-state index contributed by atoms with van der Waals surface area (Å²) in [6.07, 6.45) is 6.04. The molecule has 2 aliphatic rings. The second kappa shape index (κ2) is 9.87. The Morgan fingerprint density at radius 3 is 2.30 bits per heavy atom. The molecule has 0 radical (unpaired) electrons. The van der Waals surface area contributed by atoms with Crippen LogP contribution in [0.1, 0.15) is 65.7 Å². The lowest BCUT2D eigenvalue weighted by Gasteiger charge is -2.35. The molecule has 0 heterocycles. The molecule has 6 nitrogen and oxygen atoms in total. The zero-order valence-electron chi connectivity index (χ0n) is 17.3. The number of methoxy groups -OCH3 is 1. The van der Waals surface area contributed by atoms with Crippen molar-refractivity contribution in [2.75, 3.05) is 20.3 Å². The fraction of sp³-hybridized carbons (Fsp3) is 0.905. The normalized spacial score (nSPS) is 32.1. The molecule has 0 saturated heterocycles. The fourth-order valence-electron chi connectivity index (χ4n) is 4.42. The first kappa shape index (κ1) is 22.2. The molecule has 156 valence electrons. The lowest BCUT2D eigenvalue weighted by atomic mass is 9.74. The number of carbonyl (C=O) groups is 2. The predicted molar refractivity (Wildman–Crippen MR) is 103 cm³/mol. The van der Waals surface area contributed by atoms with Gasteiger partial charge in [-0.25, -0.2) is 0 Å². The van der Waals surface area contributed by atoms with Crippen LogP contribution in [0.15, 0.2) is 0 Å². The average molecular weight is 384 g/mol. The van der Waals surface area contributed by atoms with Crippen LogP contribution in [0, 0.1) is 23.2 Å². The number of rotatable bonds is 8. The van der Waals surface area contributed by atoms with Crippen LogP contribution in [-0.4, -0.2) is 49.5 Å². The van der Waals surface area contributed by atoms with E-state index < -0.39 is 17.8 Å². The minimum absolute atomic E-state index is 0.00331. The molecule has 27 heavy (non-hydrogen) atoms. The number of amides is 1. The standard InChI is InChI=1S/C21H37NO5/c1-14-5-10-17(20(24)25)18(11-14)19(23)22-15-6-8-16(9-7-15)27-13-21(2,3)12-26-4/h14-18H,5-13H2,1-4H3,(H,22,23)(H,24,25). The molecule has 2 aliphatic carbocycles. The Labute approximate surface area is 163 Å². The van der Waals surface area contributed by atoms with Crippen LogP contribution in [0.3, 0.4) is 0 Å². The van der Waals surface area contributed by atoms with Gasteiger partial charge in [0.15, 0.2) is 0 Å². The minimum Gasteiger partial charge on any atom is -0.481 e. The highest BCUT2D eigenvalue weighted by molar-refractivity contribution is 5.85. The third kappa shape index (κ3) is 6.75. The zero-order valence-corrected chi connectivity index (χ0v) is 17.3. The highest BCUT2D eigenvalue weighted by atomic mass is 16.5. The molecule has 3 atom stereocenters. The summed E-state index contributed by atoms with van der Waals surface area (Å²) in [6.45, 7) is 7.70. The van der Waals surface area contributed by atoms with E-state index in [1.54, 1.807) is 7.11 Å². The number of hydrogen-bond acceptors (Lipinski definition) is 4. The van der Waals surface area contributed by atoms with Crippen LogP contribution in [0.2, 0.25) is 0 Å². The molecule has 2 rings (SSSR count). The number of nitrogens with one attached hydrogen (secondary N) is 1. The van der Waals surface area contributed by atoms with Gasteiger partial charge in [-0.3, -0.25) is 9.59 Å².